The van der Waals surface area contributed by atoms with E-state index in [1.165, 1.54) is 6.42 Å². The number of piperidine rings is 1. The molecule has 2 aliphatic carbocycles. The van der Waals surface area contributed by atoms with E-state index in [1.807, 2.05) is 0 Å². The molecule has 0 spiro atoms. The number of hydrogen-bond acceptors (Lipinski definition) is 2. The Morgan fingerprint density at radius 3 is 2.56 bits per heavy atom. The van der Waals surface area contributed by atoms with Gasteiger partial charge >= 0.3 is 0 Å². The van der Waals surface area contributed by atoms with Crippen molar-refractivity contribution >= 4 is 5.91 Å². The third-order valence-electron chi connectivity index (χ3n) is 5.28. The van der Waals surface area contributed by atoms with Gasteiger partial charge in [0.1, 0.15) is 0 Å². The minimum atomic E-state index is -0.167. The van der Waals surface area contributed by atoms with Crippen molar-refractivity contribution in [1.29, 1.82) is 0 Å². The molecule has 0 aromatic carbocycles. The summed E-state index contributed by atoms with van der Waals surface area (Å²) < 4.78 is 0. The van der Waals surface area contributed by atoms with E-state index in [-0.39, 0.29) is 6.10 Å². The molecule has 3 rings (SSSR count). The minimum Gasteiger partial charge on any atom is -0.393 e. The van der Waals surface area contributed by atoms with Crippen molar-refractivity contribution in [3.8, 4) is 0 Å². The van der Waals surface area contributed by atoms with Gasteiger partial charge in [-0.3, -0.25) is 4.79 Å². The molecule has 1 aliphatic heterocycles. The molecule has 3 fully saturated rings. The van der Waals surface area contributed by atoms with Crippen LogP contribution in [0.2, 0.25) is 0 Å². The Bertz CT molecular complexity index is 330. The van der Waals surface area contributed by atoms with E-state index < -0.39 is 0 Å². The smallest absolute Gasteiger partial charge is 0.226 e. The molecule has 0 aromatic rings. The average molecular weight is 251 g/mol. The van der Waals surface area contributed by atoms with Crippen LogP contribution in [0.15, 0.2) is 0 Å². The number of carbonyl (C=O) groups is 1. The van der Waals surface area contributed by atoms with E-state index in [1.54, 1.807) is 0 Å². The molecule has 0 bridgehead atoms. The highest BCUT2D eigenvalue weighted by Gasteiger charge is 2.46. The topological polar surface area (TPSA) is 40.5 Å². The van der Waals surface area contributed by atoms with Gasteiger partial charge < -0.3 is 10.0 Å². The molecule has 1 N–H and O–H groups in total. The molecule has 1 saturated heterocycles. The molecule has 5 atom stereocenters. The summed E-state index contributed by atoms with van der Waals surface area (Å²) in [6.07, 6.45) is 7.55. The van der Waals surface area contributed by atoms with Gasteiger partial charge in [-0.25, -0.2) is 0 Å². The Morgan fingerprint density at radius 2 is 1.94 bits per heavy atom. The molecular formula is C15H25NO2. The number of rotatable bonds is 2. The van der Waals surface area contributed by atoms with Gasteiger partial charge in [-0.1, -0.05) is 13.3 Å². The summed E-state index contributed by atoms with van der Waals surface area (Å²) in [6.45, 7) is 3.10. The number of aliphatic hydroxyl groups excluding tert-OH is 1. The molecule has 1 heterocycles. The van der Waals surface area contributed by atoms with Crippen molar-refractivity contribution < 1.29 is 9.90 Å². The van der Waals surface area contributed by atoms with Gasteiger partial charge in [-0.15, -0.1) is 0 Å². The highest BCUT2D eigenvalue weighted by atomic mass is 16.3. The van der Waals surface area contributed by atoms with Gasteiger partial charge in [0.05, 0.1) is 6.10 Å². The van der Waals surface area contributed by atoms with E-state index in [9.17, 15) is 9.90 Å². The van der Waals surface area contributed by atoms with Crippen LogP contribution in [0.25, 0.3) is 0 Å². The summed E-state index contributed by atoms with van der Waals surface area (Å²) in [5, 5.41) is 10.1. The first kappa shape index (κ1) is 12.5. The van der Waals surface area contributed by atoms with Crippen LogP contribution < -0.4 is 0 Å². The molecule has 1 amide bonds. The van der Waals surface area contributed by atoms with Crippen molar-refractivity contribution in [3.63, 3.8) is 0 Å². The van der Waals surface area contributed by atoms with Crippen LogP contribution in [0.5, 0.6) is 0 Å². The fourth-order valence-corrected chi connectivity index (χ4v) is 3.97. The van der Waals surface area contributed by atoms with E-state index in [0.29, 0.717) is 29.7 Å². The summed E-state index contributed by atoms with van der Waals surface area (Å²) in [6, 6.07) is 0.330. The molecule has 18 heavy (non-hydrogen) atoms. The minimum absolute atomic E-state index is 0.167. The number of likely N-dealkylation sites (tertiary alicyclic amines) is 1. The maximum Gasteiger partial charge on any atom is 0.226 e. The largest absolute Gasteiger partial charge is 0.393 e. The molecule has 3 aliphatic rings. The molecule has 3 heteroatoms. The van der Waals surface area contributed by atoms with Crippen LogP contribution in [-0.4, -0.2) is 34.6 Å². The zero-order chi connectivity index (χ0) is 12.7. The summed E-state index contributed by atoms with van der Waals surface area (Å²) in [5.74, 6) is 1.62. The fourth-order valence-electron chi connectivity index (χ4n) is 3.97. The standard InChI is InChI=1S/C15H25NO2/c1-10-9-12(10)15(18)16-8-3-2-6-13(16)11-5-4-7-14(11)17/h10-14,17H,2-9H2,1H3. The highest BCUT2D eigenvalue weighted by Crippen LogP contribution is 2.42. The molecular weight excluding hydrogens is 226 g/mol. The molecule has 102 valence electrons. The normalized spacial score (nSPS) is 44.1. The summed E-state index contributed by atoms with van der Waals surface area (Å²) in [4.78, 5) is 14.6. The monoisotopic (exact) mass is 251 g/mol. The van der Waals surface area contributed by atoms with Crippen LogP contribution in [0, 0.1) is 17.8 Å². The third kappa shape index (κ3) is 2.18. The van der Waals surface area contributed by atoms with Crippen molar-refractivity contribution in [1.82, 2.24) is 4.90 Å². The van der Waals surface area contributed by atoms with Gasteiger partial charge in [0.2, 0.25) is 5.91 Å². The molecule has 2 saturated carbocycles. The predicted molar refractivity (Wildman–Crippen MR) is 70.0 cm³/mol. The Labute approximate surface area is 110 Å². The molecule has 3 nitrogen and oxygen atoms in total. The van der Waals surface area contributed by atoms with E-state index in [0.717, 1.165) is 45.1 Å². The SMILES string of the molecule is CC1CC1C(=O)N1CCCCC1C1CCCC1O. The maximum absolute atomic E-state index is 12.5. The second-order valence-corrected chi connectivity index (χ2v) is 6.58. The van der Waals surface area contributed by atoms with E-state index in [2.05, 4.69) is 11.8 Å². The Kier molecular flexibility index (Phi) is 3.35. The third-order valence-corrected chi connectivity index (χ3v) is 5.28. The lowest BCUT2D eigenvalue weighted by Crippen LogP contribution is -2.50. The van der Waals surface area contributed by atoms with Gasteiger partial charge in [0, 0.05) is 24.4 Å². The Morgan fingerprint density at radius 1 is 1.17 bits per heavy atom. The lowest BCUT2D eigenvalue weighted by molar-refractivity contribution is -0.139. The Hall–Kier alpha value is -0.570. The number of nitrogens with zero attached hydrogens (tertiary/aromatic N) is 1. The molecule has 0 aromatic heterocycles. The fraction of sp³-hybridized carbons (Fsp3) is 0.933. The lowest BCUT2D eigenvalue weighted by atomic mass is 9.87. The number of carbonyl (C=O) groups excluding carboxylic acids is 1. The van der Waals surface area contributed by atoms with Gasteiger partial charge in [-0.2, -0.15) is 0 Å². The average Bonchev–Trinajstić information content (AvgIpc) is 2.95. The predicted octanol–water partition coefficient (Wildman–Crippen LogP) is 2.18. The van der Waals surface area contributed by atoms with Crippen LogP contribution in [0.3, 0.4) is 0 Å². The van der Waals surface area contributed by atoms with Crippen molar-refractivity contribution in [2.75, 3.05) is 6.54 Å². The summed E-state index contributed by atoms with van der Waals surface area (Å²) in [5.41, 5.74) is 0. The Balaban J connectivity index is 1.71. The quantitative estimate of drug-likeness (QED) is 0.817. The van der Waals surface area contributed by atoms with Gasteiger partial charge in [-0.05, 0) is 44.4 Å². The first-order valence-corrected chi connectivity index (χ1v) is 7.67. The van der Waals surface area contributed by atoms with Crippen LogP contribution in [0.4, 0.5) is 0 Å². The zero-order valence-corrected chi connectivity index (χ0v) is 11.3. The van der Waals surface area contributed by atoms with Crippen molar-refractivity contribution in [2.24, 2.45) is 17.8 Å². The van der Waals surface area contributed by atoms with Crippen molar-refractivity contribution in [3.05, 3.63) is 0 Å². The van der Waals surface area contributed by atoms with E-state index in [4.69, 9.17) is 0 Å². The van der Waals surface area contributed by atoms with Crippen LogP contribution in [-0.2, 0) is 4.79 Å². The summed E-state index contributed by atoms with van der Waals surface area (Å²) >= 11 is 0. The second-order valence-electron chi connectivity index (χ2n) is 6.58. The van der Waals surface area contributed by atoms with Crippen molar-refractivity contribution in [2.45, 2.75) is 64.0 Å². The first-order chi connectivity index (χ1) is 8.68. The number of amides is 1. The lowest BCUT2D eigenvalue weighted by Gasteiger charge is -2.40. The summed E-state index contributed by atoms with van der Waals surface area (Å²) in [7, 11) is 0. The highest BCUT2D eigenvalue weighted by molar-refractivity contribution is 5.82. The van der Waals surface area contributed by atoms with Gasteiger partial charge in [0.15, 0.2) is 0 Å². The maximum atomic E-state index is 12.5. The first-order valence-electron chi connectivity index (χ1n) is 7.67. The van der Waals surface area contributed by atoms with Crippen LogP contribution in [0.1, 0.15) is 51.9 Å². The second kappa shape index (κ2) is 4.84. The zero-order valence-electron chi connectivity index (χ0n) is 11.3. The number of aliphatic hydroxyl groups is 1. The van der Waals surface area contributed by atoms with E-state index >= 15 is 0 Å². The molecule has 0 radical (unpaired) electrons. The molecule has 5 unspecified atom stereocenters. The van der Waals surface area contributed by atoms with Crippen LogP contribution >= 0.6 is 0 Å². The van der Waals surface area contributed by atoms with Gasteiger partial charge in [0.25, 0.3) is 0 Å². The number of hydrogen-bond donors (Lipinski definition) is 1.